The summed E-state index contributed by atoms with van der Waals surface area (Å²) in [5.41, 5.74) is 4.04. The lowest BCUT2D eigenvalue weighted by Gasteiger charge is -2.22. The summed E-state index contributed by atoms with van der Waals surface area (Å²) in [6, 6.07) is 18.4. The molecular formula is C29H22ClF2N3O2. The Morgan fingerprint density at radius 3 is 2.54 bits per heavy atom. The summed E-state index contributed by atoms with van der Waals surface area (Å²) in [5, 5.41) is 14.2. The average molecular weight is 518 g/mol. The summed E-state index contributed by atoms with van der Waals surface area (Å²) >= 11 is 6.06. The first-order valence-electron chi connectivity index (χ1n) is 11.6. The number of aromatic nitrogens is 2. The van der Waals surface area contributed by atoms with Gasteiger partial charge in [0.2, 0.25) is 5.91 Å². The lowest BCUT2D eigenvalue weighted by Crippen LogP contribution is -2.32. The maximum atomic E-state index is 14.0. The molecule has 5 aromatic rings. The van der Waals surface area contributed by atoms with E-state index in [9.17, 15) is 18.7 Å². The van der Waals surface area contributed by atoms with Crippen LogP contribution in [0.3, 0.4) is 0 Å². The van der Waals surface area contributed by atoms with Crippen LogP contribution in [-0.2, 0) is 17.6 Å². The molecule has 1 amide bonds. The molecule has 1 atom stereocenters. The second kappa shape index (κ2) is 10.4. The molecule has 3 N–H and O–H groups in total. The summed E-state index contributed by atoms with van der Waals surface area (Å²) in [7, 11) is 0. The van der Waals surface area contributed by atoms with Crippen molar-refractivity contribution in [1.29, 1.82) is 0 Å². The topological polar surface area (TPSA) is 78.0 Å². The molecule has 0 saturated heterocycles. The molecule has 0 bridgehead atoms. The van der Waals surface area contributed by atoms with Crippen LogP contribution in [-0.4, -0.2) is 21.0 Å². The molecule has 37 heavy (non-hydrogen) atoms. The summed E-state index contributed by atoms with van der Waals surface area (Å²) in [4.78, 5) is 20.9. The number of nitrogens with one attached hydrogen (secondary N) is 2. The Hall–Kier alpha value is -4.23. The molecule has 0 unspecified atom stereocenters. The van der Waals surface area contributed by atoms with Crippen molar-refractivity contribution in [3.63, 3.8) is 0 Å². The van der Waals surface area contributed by atoms with Gasteiger partial charge in [-0.1, -0.05) is 29.8 Å². The normalized spacial score (nSPS) is 12.0. The van der Waals surface area contributed by atoms with Crippen molar-refractivity contribution in [2.45, 2.75) is 18.9 Å². The van der Waals surface area contributed by atoms with Crippen LogP contribution in [0.5, 0.6) is 5.75 Å². The number of benzene rings is 3. The number of carbonyl (C=O) groups excluding carboxylic acids is 1. The number of halogens is 3. The molecular weight excluding hydrogens is 496 g/mol. The molecule has 3 aromatic carbocycles. The first kappa shape index (κ1) is 24.5. The highest BCUT2D eigenvalue weighted by Gasteiger charge is 2.22. The molecule has 0 radical (unpaired) electrons. The van der Waals surface area contributed by atoms with E-state index in [-0.39, 0.29) is 24.5 Å². The lowest BCUT2D eigenvalue weighted by atomic mass is 9.95. The predicted molar refractivity (Wildman–Crippen MR) is 139 cm³/mol. The number of H-pyrrole nitrogens is 1. The largest absolute Gasteiger partial charge is 0.508 e. The van der Waals surface area contributed by atoms with Gasteiger partial charge in [-0.05, 0) is 71.6 Å². The summed E-state index contributed by atoms with van der Waals surface area (Å²) in [6.07, 6.45) is 3.48. The summed E-state index contributed by atoms with van der Waals surface area (Å²) in [5.74, 6) is -1.60. The van der Waals surface area contributed by atoms with Crippen LogP contribution in [0.1, 0.15) is 22.9 Å². The Morgan fingerprint density at radius 1 is 1.03 bits per heavy atom. The van der Waals surface area contributed by atoms with Gasteiger partial charge < -0.3 is 15.4 Å². The quantitative estimate of drug-likeness (QED) is 0.230. The van der Waals surface area contributed by atoms with Crippen molar-refractivity contribution in [2.75, 3.05) is 0 Å². The van der Waals surface area contributed by atoms with Gasteiger partial charge in [0.05, 0.1) is 18.2 Å². The molecule has 5 rings (SSSR count). The fourth-order valence-corrected chi connectivity index (χ4v) is 4.61. The van der Waals surface area contributed by atoms with E-state index in [1.807, 2.05) is 18.2 Å². The first-order chi connectivity index (χ1) is 17.9. The Bertz CT molecular complexity index is 1560. The van der Waals surface area contributed by atoms with E-state index in [4.69, 9.17) is 11.6 Å². The van der Waals surface area contributed by atoms with E-state index in [0.29, 0.717) is 21.8 Å². The van der Waals surface area contributed by atoms with Crippen molar-refractivity contribution in [3.05, 3.63) is 119 Å². The van der Waals surface area contributed by atoms with Crippen LogP contribution in [0.4, 0.5) is 8.78 Å². The highest BCUT2D eigenvalue weighted by atomic mass is 35.5. The molecule has 0 aliphatic rings. The van der Waals surface area contributed by atoms with Crippen molar-refractivity contribution >= 4 is 28.4 Å². The molecule has 2 aromatic heterocycles. The molecule has 0 aliphatic carbocycles. The highest BCUT2D eigenvalue weighted by Crippen LogP contribution is 2.30. The Morgan fingerprint density at radius 2 is 1.78 bits per heavy atom. The summed E-state index contributed by atoms with van der Waals surface area (Å²) < 4.78 is 28.0. The van der Waals surface area contributed by atoms with E-state index < -0.39 is 17.7 Å². The fourth-order valence-electron chi connectivity index (χ4n) is 4.48. The number of hydrogen-bond donors (Lipinski definition) is 3. The molecule has 5 nitrogen and oxygen atoms in total. The second-order valence-electron chi connectivity index (χ2n) is 8.77. The van der Waals surface area contributed by atoms with E-state index in [0.717, 1.165) is 28.1 Å². The number of fused-ring (bicyclic) bond motifs is 1. The third-order valence-electron chi connectivity index (χ3n) is 6.12. The minimum absolute atomic E-state index is 0.0284. The third-order valence-corrected chi connectivity index (χ3v) is 6.38. The zero-order chi connectivity index (χ0) is 25.9. The van der Waals surface area contributed by atoms with Crippen LogP contribution in [0.2, 0.25) is 5.02 Å². The van der Waals surface area contributed by atoms with Crippen molar-refractivity contribution in [2.24, 2.45) is 0 Å². The number of carbonyl (C=O) groups is 1. The van der Waals surface area contributed by atoms with E-state index in [1.54, 1.807) is 48.8 Å². The maximum absolute atomic E-state index is 14.0. The molecule has 0 spiro atoms. The Balaban J connectivity index is 1.49. The molecule has 2 heterocycles. The van der Waals surface area contributed by atoms with Gasteiger partial charge >= 0.3 is 0 Å². The van der Waals surface area contributed by atoms with Crippen LogP contribution < -0.4 is 5.32 Å². The van der Waals surface area contributed by atoms with Crippen LogP contribution in [0.25, 0.3) is 22.0 Å². The zero-order valence-electron chi connectivity index (χ0n) is 19.5. The van der Waals surface area contributed by atoms with Gasteiger partial charge in [0.15, 0.2) is 0 Å². The zero-order valence-corrected chi connectivity index (χ0v) is 20.3. The van der Waals surface area contributed by atoms with Gasteiger partial charge in [0, 0.05) is 39.9 Å². The van der Waals surface area contributed by atoms with Crippen molar-refractivity contribution < 1.29 is 18.7 Å². The lowest BCUT2D eigenvalue weighted by molar-refractivity contribution is -0.121. The van der Waals surface area contributed by atoms with Gasteiger partial charge in [-0.2, -0.15) is 0 Å². The standard InChI is InChI=1S/C29H22ClF2N3O2/c30-20-5-3-18(4-6-20)24-2-1-9-33-29(24)27(12-17-10-21(31)14-22(32)11-17)35-28(37)13-19-16-34-26-8-7-23(36)15-25(19)26/h1-11,14-16,27,34,36H,12-13H2,(H,35,37)/t27-/m0/s1. The fraction of sp³-hybridized carbons (Fsp3) is 0.103. The summed E-state index contributed by atoms with van der Waals surface area (Å²) in [6.45, 7) is 0. The van der Waals surface area contributed by atoms with Crippen molar-refractivity contribution in [3.8, 4) is 16.9 Å². The first-order valence-corrected chi connectivity index (χ1v) is 12.0. The number of amides is 1. The number of phenolic OH excluding ortho intramolecular Hbond substituents is 1. The molecule has 0 aliphatic heterocycles. The number of aromatic hydroxyl groups is 1. The van der Waals surface area contributed by atoms with E-state index in [2.05, 4.69) is 15.3 Å². The predicted octanol–water partition coefficient (Wildman–Crippen LogP) is 6.51. The number of aromatic amines is 1. The number of rotatable bonds is 7. The SMILES string of the molecule is O=C(Cc1c[nH]c2ccc(O)cc12)N[C@@H](Cc1cc(F)cc(F)c1)c1ncccc1-c1ccc(Cl)cc1. The van der Waals surface area contributed by atoms with Gasteiger partial charge in [-0.25, -0.2) is 8.78 Å². The van der Waals surface area contributed by atoms with Gasteiger partial charge in [0.25, 0.3) is 0 Å². The maximum Gasteiger partial charge on any atom is 0.225 e. The Kier molecular flexibility index (Phi) is 6.88. The van der Waals surface area contributed by atoms with Crippen LogP contribution in [0, 0.1) is 11.6 Å². The monoisotopic (exact) mass is 517 g/mol. The molecule has 8 heteroatoms. The van der Waals surface area contributed by atoms with Gasteiger partial charge in [0.1, 0.15) is 17.4 Å². The number of hydrogen-bond acceptors (Lipinski definition) is 3. The van der Waals surface area contributed by atoms with Crippen LogP contribution in [0.15, 0.2) is 85.2 Å². The minimum Gasteiger partial charge on any atom is -0.508 e. The molecule has 0 saturated carbocycles. The van der Waals surface area contributed by atoms with Crippen LogP contribution >= 0.6 is 11.6 Å². The smallest absolute Gasteiger partial charge is 0.225 e. The van der Waals surface area contributed by atoms with E-state index in [1.165, 1.54) is 12.1 Å². The molecule has 0 fully saturated rings. The number of phenols is 1. The molecule has 186 valence electrons. The van der Waals surface area contributed by atoms with E-state index >= 15 is 0 Å². The van der Waals surface area contributed by atoms with Gasteiger partial charge in [-0.3, -0.25) is 9.78 Å². The number of pyridine rings is 1. The Labute approximate surface area is 216 Å². The second-order valence-corrected chi connectivity index (χ2v) is 9.20. The highest BCUT2D eigenvalue weighted by molar-refractivity contribution is 6.30. The van der Waals surface area contributed by atoms with Gasteiger partial charge in [-0.15, -0.1) is 0 Å². The number of nitrogens with zero attached hydrogens (tertiary/aromatic N) is 1. The minimum atomic E-state index is -0.697. The average Bonchev–Trinajstić information content (AvgIpc) is 3.25. The third kappa shape index (κ3) is 5.62. The van der Waals surface area contributed by atoms with Crippen molar-refractivity contribution in [1.82, 2.24) is 15.3 Å².